The molecule has 1 unspecified atom stereocenters. The summed E-state index contributed by atoms with van der Waals surface area (Å²) in [6.45, 7) is 2.12. The van der Waals surface area contributed by atoms with Crippen LogP contribution >= 0.6 is 0 Å². The molecule has 1 atom stereocenters. The Morgan fingerprint density at radius 2 is 1.71 bits per heavy atom. The van der Waals surface area contributed by atoms with Crippen LogP contribution in [0.2, 0.25) is 0 Å². The Hall–Kier alpha value is -2.93. The Morgan fingerprint density at radius 3 is 2.32 bits per heavy atom. The lowest BCUT2D eigenvalue weighted by Gasteiger charge is -2.13. The van der Waals surface area contributed by atoms with Crippen LogP contribution < -0.4 is 11.3 Å². The molecule has 0 saturated carbocycles. The van der Waals surface area contributed by atoms with E-state index in [-0.39, 0.29) is 18.5 Å². The van der Waals surface area contributed by atoms with Gasteiger partial charge in [0.05, 0.1) is 0 Å². The first-order valence-corrected chi connectivity index (χ1v) is 10.8. The van der Waals surface area contributed by atoms with Gasteiger partial charge >= 0.3 is 0 Å². The molecule has 0 aliphatic rings. The maximum Gasteiger partial charge on any atom is 0.258 e. The fourth-order valence-corrected chi connectivity index (χ4v) is 4.17. The summed E-state index contributed by atoms with van der Waals surface area (Å²) in [7, 11) is -3.62. The highest BCUT2D eigenvalue weighted by Crippen LogP contribution is 2.23. The van der Waals surface area contributed by atoms with E-state index >= 15 is 0 Å². The van der Waals surface area contributed by atoms with E-state index in [0.717, 1.165) is 22.8 Å². The molecule has 3 aromatic rings. The first-order valence-electron chi connectivity index (χ1n) is 8.85. The predicted molar refractivity (Wildman–Crippen MR) is 111 cm³/mol. The van der Waals surface area contributed by atoms with E-state index < -0.39 is 21.0 Å². The summed E-state index contributed by atoms with van der Waals surface area (Å²) < 4.78 is 24.8. The zero-order valence-corrected chi connectivity index (χ0v) is 16.6. The standard InChI is InChI=1S/C21H22N2O4S/c1-14-3-5-15(6-4-14)16-7-8-18-17(13-16)9-11-23(21(18)25)12-10-19(20(22)24)28(2,26)27/h3-9,11,13,19H,10,12H2,1-2H3,(H2,22,24). The fraction of sp³-hybridized carbons (Fsp3) is 0.238. The van der Waals surface area contributed by atoms with Crippen molar-refractivity contribution in [3.63, 3.8) is 0 Å². The lowest BCUT2D eigenvalue weighted by Crippen LogP contribution is -2.37. The van der Waals surface area contributed by atoms with Gasteiger partial charge in [-0.3, -0.25) is 9.59 Å². The van der Waals surface area contributed by atoms with Crippen molar-refractivity contribution in [3.05, 3.63) is 70.6 Å². The van der Waals surface area contributed by atoms with Gasteiger partial charge in [0.15, 0.2) is 9.84 Å². The number of rotatable bonds is 6. The third-order valence-electron chi connectivity index (χ3n) is 4.83. The molecule has 2 aromatic carbocycles. The van der Waals surface area contributed by atoms with Gasteiger partial charge in [0, 0.05) is 24.4 Å². The van der Waals surface area contributed by atoms with Crippen LogP contribution in [-0.2, 0) is 21.2 Å². The number of pyridine rings is 1. The van der Waals surface area contributed by atoms with E-state index in [1.54, 1.807) is 12.3 Å². The van der Waals surface area contributed by atoms with Gasteiger partial charge < -0.3 is 10.3 Å². The number of primary amides is 1. The number of hydrogen-bond donors (Lipinski definition) is 1. The second-order valence-electron chi connectivity index (χ2n) is 6.99. The van der Waals surface area contributed by atoms with Crippen LogP contribution in [0, 0.1) is 6.92 Å². The number of carbonyl (C=O) groups is 1. The van der Waals surface area contributed by atoms with Gasteiger partial charge in [0.1, 0.15) is 5.25 Å². The molecule has 1 heterocycles. The molecule has 28 heavy (non-hydrogen) atoms. The SMILES string of the molecule is Cc1ccc(-c2ccc3c(=O)n(CCC(C(N)=O)S(C)(=O)=O)ccc3c2)cc1. The molecule has 0 radical (unpaired) electrons. The molecule has 2 N–H and O–H groups in total. The highest BCUT2D eigenvalue weighted by molar-refractivity contribution is 7.92. The smallest absolute Gasteiger partial charge is 0.258 e. The summed E-state index contributed by atoms with van der Waals surface area (Å²) in [5.74, 6) is -0.904. The normalized spacial score (nSPS) is 12.8. The Bertz CT molecular complexity index is 1200. The molecule has 1 amide bonds. The van der Waals surface area contributed by atoms with Gasteiger partial charge in [-0.25, -0.2) is 8.42 Å². The molecule has 1 aromatic heterocycles. The predicted octanol–water partition coefficient (Wildman–Crippen LogP) is 2.27. The number of amides is 1. The van der Waals surface area contributed by atoms with Crippen LogP contribution in [-0.4, -0.2) is 30.4 Å². The van der Waals surface area contributed by atoms with Gasteiger partial charge in [-0.05, 0) is 48.1 Å². The number of nitrogens with two attached hydrogens (primary N) is 1. The van der Waals surface area contributed by atoms with Crippen molar-refractivity contribution in [1.82, 2.24) is 4.57 Å². The Balaban J connectivity index is 1.91. The topological polar surface area (TPSA) is 99.2 Å². The van der Waals surface area contributed by atoms with Gasteiger partial charge in [0.2, 0.25) is 5.91 Å². The molecular formula is C21H22N2O4S. The van der Waals surface area contributed by atoms with Crippen LogP contribution in [0.3, 0.4) is 0 Å². The van der Waals surface area contributed by atoms with E-state index in [1.165, 1.54) is 10.1 Å². The van der Waals surface area contributed by atoms with Crippen molar-refractivity contribution in [2.45, 2.75) is 25.1 Å². The number of carbonyl (C=O) groups excluding carboxylic acids is 1. The number of nitrogens with zero attached hydrogens (tertiary/aromatic N) is 1. The molecule has 0 bridgehead atoms. The summed E-state index contributed by atoms with van der Waals surface area (Å²) >= 11 is 0. The van der Waals surface area contributed by atoms with Crippen LogP contribution in [0.4, 0.5) is 0 Å². The van der Waals surface area contributed by atoms with E-state index in [4.69, 9.17) is 5.73 Å². The van der Waals surface area contributed by atoms with Crippen molar-refractivity contribution >= 4 is 26.5 Å². The molecule has 3 rings (SSSR count). The summed E-state index contributed by atoms with van der Waals surface area (Å²) in [6.07, 6.45) is 2.54. The lowest BCUT2D eigenvalue weighted by atomic mass is 10.0. The van der Waals surface area contributed by atoms with Crippen molar-refractivity contribution in [1.29, 1.82) is 0 Å². The third-order valence-corrected chi connectivity index (χ3v) is 6.33. The fourth-order valence-electron chi connectivity index (χ4n) is 3.21. The highest BCUT2D eigenvalue weighted by Gasteiger charge is 2.26. The minimum absolute atomic E-state index is 0.0406. The summed E-state index contributed by atoms with van der Waals surface area (Å²) in [4.78, 5) is 24.2. The maximum absolute atomic E-state index is 12.8. The van der Waals surface area contributed by atoms with Crippen molar-refractivity contribution in [2.24, 2.45) is 5.73 Å². The third kappa shape index (κ3) is 4.14. The van der Waals surface area contributed by atoms with E-state index in [2.05, 4.69) is 0 Å². The largest absolute Gasteiger partial charge is 0.369 e. The molecular weight excluding hydrogens is 376 g/mol. The molecule has 146 valence electrons. The summed E-state index contributed by atoms with van der Waals surface area (Å²) in [6, 6.07) is 15.6. The number of aromatic nitrogens is 1. The maximum atomic E-state index is 12.8. The number of aryl methyl sites for hydroxylation is 2. The zero-order valence-electron chi connectivity index (χ0n) is 15.8. The monoisotopic (exact) mass is 398 g/mol. The molecule has 7 heteroatoms. The van der Waals surface area contributed by atoms with Gasteiger partial charge in [-0.15, -0.1) is 0 Å². The summed E-state index contributed by atoms with van der Waals surface area (Å²) in [5, 5.41) is 0.0289. The Kier molecular flexibility index (Phi) is 5.38. The van der Waals surface area contributed by atoms with E-state index in [1.807, 2.05) is 49.4 Å². The lowest BCUT2D eigenvalue weighted by molar-refractivity contribution is -0.117. The Morgan fingerprint density at radius 1 is 1.07 bits per heavy atom. The molecule has 0 fully saturated rings. The first kappa shape index (κ1) is 19.8. The van der Waals surface area contributed by atoms with Crippen LogP contribution in [0.15, 0.2) is 59.5 Å². The van der Waals surface area contributed by atoms with Crippen LogP contribution in [0.5, 0.6) is 0 Å². The molecule has 0 spiro atoms. The number of hydrogen-bond acceptors (Lipinski definition) is 4. The van der Waals surface area contributed by atoms with Gasteiger partial charge in [-0.1, -0.05) is 35.9 Å². The molecule has 6 nitrogen and oxygen atoms in total. The average molecular weight is 398 g/mol. The molecule has 0 saturated heterocycles. The van der Waals surface area contributed by atoms with E-state index in [0.29, 0.717) is 5.39 Å². The minimum atomic E-state index is -3.62. The summed E-state index contributed by atoms with van der Waals surface area (Å²) in [5.41, 5.74) is 8.21. The first-order chi connectivity index (χ1) is 13.2. The van der Waals surface area contributed by atoms with Crippen molar-refractivity contribution < 1.29 is 13.2 Å². The average Bonchev–Trinajstić information content (AvgIpc) is 2.62. The molecule has 0 aliphatic heterocycles. The van der Waals surface area contributed by atoms with Crippen molar-refractivity contribution in [2.75, 3.05) is 6.26 Å². The quantitative estimate of drug-likeness (QED) is 0.688. The van der Waals surface area contributed by atoms with Crippen molar-refractivity contribution in [3.8, 4) is 11.1 Å². The van der Waals surface area contributed by atoms with Crippen LogP contribution in [0.25, 0.3) is 21.9 Å². The van der Waals surface area contributed by atoms with Gasteiger partial charge in [-0.2, -0.15) is 0 Å². The highest BCUT2D eigenvalue weighted by atomic mass is 32.2. The number of sulfone groups is 1. The second-order valence-corrected chi connectivity index (χ2v) is 9.22. The number of benzene rings is 2. The number of fused-ring (bicyclic) bond motifs is 1. The van der Waals surface area contributed by atoms with Gasteiger partial charge in [0.25, 0.3) is 5.56 Å². The van der Waals surface area contributed by atoms with E-state index in [9.17, 15) is 18.0 Å². The molecule has 0 aliphatic carbocycles. The second kappa shape index (κ2) is 7.59. The van der Waals surface area contributed by atoms with Crippen LogP contribution in [0.1, 0.15) is 12.0 Å². The zero-order chi connectivity index (χ0) is 20.5. The Labute approximate surface area is 163 Å². The minimum Gasteiger partial charge on any atom is -0.369 e.